The number of benzene rings is 2. The molecule has 2 aromatic carbocycles. The predicted octanol–water partition coefficient (Wildman–Crippen LogP) is 8.11. The van der Waals surface area contributed by atoms with Crippen molar-refractivity contribution in [3.63, 3.8) is 0 Å². The minimum atomic E-state index is -1.78. The van der Waals surface area contributed by atoms with E-state index in [1.54, 1.807) is 0 Å². The first-order valence-corrected chi connectivity index (χ1v) is 13.9. The van der Waals surface area contributed by atoms with Gasteiger partial charge in [0, 0.05) is 33.4 Å². The van der Waals surface area contributed by atoms with Crippen molar-refractivity contribution in [2.45, 2.75) is 38.9 Å². The van der Waals surface area contributed by atoms with Gasteiger partial charge in [-0.1, -0.05) is 70.3 Å². The Kier molecular flexibility index (Phi) is 5.37. The maximum Gasteiger partial charge on any atom is 0.163 e. The molecule has 0 N–H and O–H groups in total. The number of aromatic nitrogens is 2. The largest absolute Gasteiger partial charge is 0.457 e. The Morgan fingerprint density at radius 1 is 0.967 bits per heavy atom. The van der Waals surface area contributed by atoms with Crippen LogP contribution in [0.1, 0.15) is 20.8 Å². The number of hydrogen-bond donors (Lipinski definition) is 0. The standard InChI is InChI=1S/C25H27BrN2OSi/c1-25(2,3)30(4,5)28-17-22(26)21-15-18(16-27-24(21)28)20-13-9-10-14-23(20)29-19-11-7-6-8-12-19/h6-17H,1-5H3. The monoisotopic (exact) mass is 478 g/mol. The van der Waals surface area contributed by atoms with Gasteiger partial charge in [-0.05, 0) is 45.2 Å². The van der Waals surface area contributed by atoms with E-state index in [9.17, 15) is 0 Å². The lowest BCUT2D eigenvalue weighted by molar-refractivity contribution is 0.484. The molecule has 0 saturated heterocycles. The third-order valence-corrected chi connectivity index (χ3v) is 12.0. The van der Waals surface area contributed by atoms with Crippen molar-refractivity contribution in [3.05, 3.63) is 77.5 Å². The lowest BCUT2D eigenvalue weighted by Gasteiger charge is -2.38. The minimum Gasteiger partial charge on any atom is -0.457 e. The summed E-state index contributed by atoms with van der Waals surface area (Å²) in [6, 6.07) is 20.2. The van der Waals surface area contributed by atoms with E-state index >= 15 is 0 Å². The molecular formula is C25H27BrN2OSi. The first-order valence-electron chi connectivity index (χ1n) is 10.2. The van der Waals surface area contributed by atoms with Crippen molar-refractivity contribution in [1.29, 1.82) is 0 Å². The number of hydrogen-bond acceptors (Lipinski definition) is 2. The normalized spacial score (nSPS) is 12.3. The molecule has 2 aromatic heterocycles. The molecule has 0 aliphatic heterocycles. The molecule has 0 saturated carbocycles. The van der Waals surface area contributed by atoms with Crippen LogP contribution in [0.4, 0.5) is 0 Å². The SMILES string of the molecule is CC(C)(C)[Si](C)(C)n1cc(Br)c2cc(-c3ccccc3Oc3ccccc3)cnc21. The molecule has 0 aliphatic carbocycles. The third-order valence-electron chi connectivity index (χ3n) is 6.20. The minimum absolute atomic E-state index is 0.217. The highest BCUT2D eigenvalue weighted by atomic mass is 79.9. The zero-order valence-electron chi connectivity index (χ0n) is 18.1. The van der Waals surface area contributed by atoms with E-state index in [1.165, 1.54) is 0 Å². The van der Waals surface area contributed by atoms with Gasteiger partial charge in [0.05, 0.1) is 0 Å². The molecule has 0 spiro atoms. The lowest BCUT2D eigenvalue weighted by Crippen LogP contribution is -2.45. The van der Waals surface area contributed by atoms with E-state index in [-0.39, 0.29) is 5.04 Å². The van der Waals surface area contributed by atoms with Gasteiger partial charge in [-0.3, -0.25) is 0 Å². The molecular weight excluding hydrogens is 452 g/mol. The quantitative estimate of drug-likeness (QED) is 0.277. The molecule has 5 heteroatoms. The molecule has 2 heterocycles. The molecule has 154 valence electrons. The van der Waals surface area contributed by atoms with Crippen molar-refractivity contribution >= 4 is 35.2 Å². The maximum atomic E-state index is 6.17. The smallest absolute Gasteiger partial charge is 0.163 e. The summed E-state index contributed by atoms with van der Waals surface area (Å²) in [4.78, 5) is 4.92. The Bertz CT molecular complexity index is 1190. The number of fused-ring (bicyclic) bond motifs is 1. The zero-order chi connectivity index (χ0) is 21.5. The molecule has 3 nitrogen and oxygen atoms in total. The number of para-hydroxylation sites is 2. The van der Waals surface area contributed by atoms with Crippen molar-refractivity contribution in [1.82, 2.24) is 9.22 Å². The van der Waals surface area contributed by atoms with Crippen LogP contribution in [-0.4, -0.2) is 17.5 Å². The van der Waals surface area contributed by atoms with Gasteiger partial charge in [0.2, 0.25) is 0 Å². The highest BCUT2D eigenvalue weighted by molar-refractivity contribution is 9.10. The topological polar surface area (TPSA) is 27.1 Å². The van der Waals surface area contributed by atoms with Crippen LogP contribution in [0, 0.1) is 0 Å². The van der Waals surface area contributed by atoms with Crippen LogP contribution in [0.15, 0.2) is 77.5 Å². The molecule has 0 unspecified atom stereocenters. The van der Waals surface area contributed by atoms with Crippen molar-refractivity contribution in [3.8, 4) is 22.6 Å². The van der Waals surface area contributed by atoms with Crippen LogP contribution in [0.5, 0.6) is 11.5 Å². The fourth-order valence-corrected chi connectivity index (χ4v) is 5.98. The van der Waals surface area contributed by atoms with E-state index in [0.29, 0.717) is 0 Å². The van der Waals surface area contributed by atoms with E-state index < -0.39 is 8.24 Å². The average Bonchev–Trinajstić information content (AvgIpc) is 3.05. The Morgan fingerprint density at radius 3 is 2.33 bits per heavy atom. The number of pyridine rings is 1. The van der Waals surface area contributed by atoms with Crippen molar-refractivity contribution in [2.24, 2.45) is 0 Å². The second kappa shape index (κ2) is 7.71. The lowest BCUT2D eigenvalue weighted by atomic mass is 10.1. The number of halogens is 1. The van der Waals surface area contributed by atoms with Gasteiger partial charge in [-0.15, -0.1) is 0 Å². The first kappa shape index (κ1) is 20.9. The summed E-state index contributed by atoms with van der Waals surface area (Å²) >= 11 is 3.79. The second-order valence-electron chi connectivity index (χ2n) is 9.16. The summed E-state index contributed by atoms with van der Waals surface area (Å²) in [5.74, 6) is 1.65. The molecule has 4 aromatic rings. The van der Waals surface area contributed by atoms with Crippen molar-refractivity contribution in [2.75, 3.05) is 0 Å². The molecule has 0 radical (unpaired) electrons. The van der Waals surface area contributed by atoms with E-state index in [2.05, 4.69) is 72.4 Å². The predicted molar refractivity (Wildman–Crippen MR) is 132 cm³/mol. The third kappa shape index (κ3) is 3.72. The Balaban J connectivity index is 1.80. The van der Waals surface area contributed by atoms with Crippen LogP contribution in [0.3, 0.4) is 0 Å². The molecule has 0 amide bonds. The highest BCUT2D eigenvalue weighted by Crippen LogP contribution is 2.41. The van der Waals surface area contributed by atoms with Gasteiger partial charge in [0.1, 0.15) is 17.1 Å². The van der Waals surface area contributed by atoms with E-state index in [1.807, 2.05) is 54.7 Å². The van der Waals surface area contributed by atoms with Gasteiger partial charge in [0.15, 0.2) is 8.24 Å². The Labute approximate surface area is 187 Å². The van der Waals surface area contributed by atoms with Gasteiger partial charge in [-0.25, -0.2) is 4.98 Å². The summed E-state index contributed by atoms with van der Waals surface area (Å²) in [6.07, 6.45) is 4.18. The fraction of sp³-hybridized carbons (Fsp3) is 0.240. The van der Waals surface area contributed by atoms with Gasteiger partial charge < -0.3 is 8.97 Å². The van der Waals surface area contributed by atoms with Crippen molar-refractivity contribution < 1.29 is 4.74 Å². The van der Waals surface area contributed by atoms with Crippen LogP contribution in [0.2, 0.25) is 18.1 Å². The highest BCUT2D eigenvalue weighted by Gasteiger charge is 2.39. The van der Waals surface area contributed by atoms with Gasteiger partial charge in [0.25, 0.3) is 0 Å². The molecule has 30 heavy (non-hydrogen) atoms. The second-order valence-corrected chi connectivity index (χ2v) is 15.1. The Morgan fingerprint density at radius 2 is 1.63 bits per heavy atom. The zero-order valence-corrected chi connectivity index (χ0v) is 20.7. The van der Waals surface area contributed by atoms with E-state index in [0.717, 1.165) is 38.1 Å². The summed E-state index contributed by atoms with van der Waals surface area (Å²) in [6.45, 7) is 11.8. The summed E-state index contributed by atoms with van der Waals surface area (Å²) in [5, 5.41) is 1.35. The van der Waals surface area contributed by atoms with Crippen LogP contribution in [-0.2, 0) is 0 Å². The summed E-state index contributed by atoms with van der Waals surface area (Å²) in [7, 11) is -1.78. The van der Waals surface area contributed by atoms with Crippen LogP contribution < -0.4 is 4.74 Å². The molecule has 0 atom stereocenters. The van der Waals surface area contributed by atoms with E-state index in [4.69, 9.17) is 9.72 Å². The number of nitrogens with zero attached hydrogens (tertiary/aromatic N) is 2. The van der Waals surface area contributed by atoms with Gasteiger partial charge in [-0.2, -0.15) is 0 Å². The van der Waals surface area contributed by atoms with Gasteiger partial charge >= 0.3 is 0 Å². The van der Waals surface area contributed by atoms with Crippen LogP contribution in [0.25, 0.3) is 22.2 Å². The van der Waals surface area contributed by atoms with Crippen LogP contribution >= 0.6 is 15.9 Å². The Hall–Kier alpha value is -2.37. The average molecular weight is 479 g/mol. The molecule has 4 rings (SSSR count). The first-order chi connectivity index (χ1) is 14.2. The fourth-order valence-electron chi connectivity index (χ4n) is 3.41. The molecule has 0 fully saturated rings. The summed E-state index contributed by atoms with van der Waals surface area (Å²) in [5.41, 5.74) is 3.11. The molecule has 0 bridgehead atoms. The number of rotatable bonds is 4. The number of ether oxygens (including phenoxy) is 1. The molecule has 0 aliphatic rings. The summed E-state index contributed by atoms with van der Waals surface area (Å²) < 4.78 is 9.67. The maximum absolute atomic E-state index is 6.17.